The van der Waals surface area contributed by atoms with E-state index in [-0.39, 0.29) is 0 Å². The highest BCUT2D eigenvalue weighted by atomic mass is 32.2. The summed E-state index contributed by atoms with van der Waals surface area (Å²) < 4.78 is 0. The Hall–Kier alpha value is -0.970. The number of nitrogens with two attached hydrogens (primary N) is 1. The molecule has 0 saturated carbocycles. The first-order valence-electron chi connectivity index (χ1n) is 4.18. The van der Waals surface area contributed by atoms with Gasteiger partial charge in [-0.3, -0.25) is 0 Å². The van der Waals surface area contributed by atoms with Gasteiger partial charge in [0.2, 0.25) is 5.95 Å². The predicted octanol–water partition coefficient (Wildman–Crippen LogP) is 1.60. The minimum atomic E-state index is 0.324. The lowest BCUT2D eigenvalue weighted by molar-refractivity contribution is 0.957. The van der Waals surface area contributed by atoms with Crippen LogP contribution >= 0.6 is 11.8 Å². The van der Waals surface area contributed by atoms with E-state index in [1.165, 1.54) is 0 Å². The molecule has 0 spiro atoms. The molecule has 0 aromatic carbocycles. The number of anilines is 2. The Labute approximate surface area is 82.3 Å². The summed E-state index contributed by atoms with van der Waals surface area (Å²) in [6.45, 7) is 3.01. The molecule has 3 N–H and O–H groups in total. The van der Waals surface area contributed by atoms with Crippen LogP contribution in [0.3, 0.4) is 0 Å². The zero-order valence-corrected chi connectivity index (χ0v) is 8.69. The van der Waals surface area contributed by atoms with E-state index in [4.69, 9.17) is 5.73 Å². The third-order valence-corrected chi connectivity index (χ3v) is 2.11. The standard InChI is InChI=1S/C8H14N4S/c1-3-4-10-6-5-7(13-2)12-8(9)11-6/h5H,3-4H2,1-2H3,(H3,9,10,11,12). The molecular formula is C8H14N4S. The number of aromatic nitrogens is 2. The fourth-order valence-corrected chi connectivity index (χ4v) is 1.31. The molecule has 0 unspecified atom stereocenters. The molecule has 1 aromatic heterocycles. The van der Waals surface area contributed by atoms with Crippen molar-refractivity contribution < 1.29 is 0 Å². The topological polar surface area (TPSA) is 63.8 Å². The second-order valence-electron chi connectivity index (χ2n) is 2.58. The molecule has 0 radical (unpaired) electrons. The van der Waals surface area contributed by atoms with Gasteiger partial charge in [-0.15, -0.1) is 11.8 Å². The van der Waals surface area contributed by atoms with Crippen molar-refractivity contribution in [1.82, 2.24) is 9.97 Å². The molecule has 0 bridgehead atoms. The van der Waals surface area contributed by atoms with Crippen LogP contribution in [0.5, 0.6) is 0 Å². The Balaban J connectivity index is 2.76. The number of rotatable bonds is 4. The first-order chi connectivity index (χ1) is 6.26. The van der Waals surface area contributed by atoms with Crippen molar-refractivity contribution in [3.8, 4) is 0 Å². The SMILES string of the molecule is CCCNc1cc(SC)nc(N)n1. The maximum atomic E-state index is 5.53. The molecule has 4 nitrogen and oxygen atoms in total. The fourth-order valence-electron chi connectivity index (χ4n) is 0.891. The van der Waals surface area contributed by atoms with Crippen LogP contribution in [0.25, 0.3) is 0 Å². The van der Waals surface area contributed by atoms with Crippen molar-refractivity contribution >= 4 is 23.5 Å². The molecule has 0 aliphatic rings. The maximum absolute atomic E-state index is 5.53. The van der Waals surface area contributed by atoms with Crippen LogP contribution < -0.4 is 11.1 Å². The quantitative estimate of drug-likeness (QED) is 0.568. The summed E-state index contributed by atoms with van der Waals surface area (Å²) in [6, 6.07) is 1.90. The van der Waals surface area contributed by atoms with Crippen molar-refractivity contribution in [2.24, 2.45) is 0 Å². The minimum Gasteiger partial charge on any atom is -0.370 e. The van der Waals surface area contributed by atoms with Gasteiger partial charge in [-0.05, 0) is 12.7 Å². The molecular weight excluding hydrogens is 184 g/mol. The maximum Gasteiger partial charge on any atom is 0.223 e. The van der Waals surface area contributed by atoms with E-state index in [1.54, 1.807) is 11.8 Å². The lowest BCUT2D eigenvalue weighted by Gasteiger charge is -2.05. The average molecular weight is 198 g/mol. The largest absolute Gasteiger partial charge is 0.370 e. The molecule has 1 heterocycles. The second kappa shape index (κ2) is 4.91. The average Bonchev–Trinajstić information content (AvgIpc) is 2.14. The summed E-state index contributed by atoms with van der Waals surface area (Å²) in [5, 5.41) is 4.06. The molecule has 1 rings (SSSR count). The first kappa shape index (κ1) is 10.1. The molecule has 0 saturated heterocycles. The van der Waals surface area contributed by atoms with Gasteiger partial charge in [-0.1, -0.05) is 6.92 Å². The number of nitrogens with zero attached hydrogens (tertiary/aromatic N) is 2. The van der Waals surface area contributed by atoms with Crippen molar-refractivity contribution in [1.29, 1.82) is 0 Å². The van der Waals surface area contributed by atoms with Crippen LogP contribution in [0.1, 0.15) is 13.3 Å². The molecule has 0 aliphatic heterocycles. The van der Waals surface area contributed by atoms with Gasteiger partial charge >= 0.3 is 0 Å². The minimum absolute atomic E-state index is 0.324. The molecule has 0 aliphatic carbocycles. The Kier molecular flexibility index (Phi) is 3.82. The van der Waals surface area contributed by atoms with Gasteiger partial charge in [0.1, 0.15) is 10.8 Å². The van der Waals surface area contributed by atoms with Crippen LogP contribution in [0.15, 0.2) is 11.1 Å². The van der Waals surface area contributed by atoms with Crippen LogP contribution in [0, 0.1) is 0 Å². The van der Waals surface area contributed by atoms with Crippen molar-refractivity contribution in [2.45, 2.75) is 18.4 Å². The van der Waals surface area contributed by atoms with Gasteiger partial charge in [0.15, 0.2) is 0 Å². The molecule has 0 atom stereocenters. The molecule has 13 heavy (non-hydrogen) atoms. The highest BCUT2D eigenvalue weighted by Gasteiger charge is 1.99. The van der Waals surface area contributed by atoms with Gasteiger partial charge < -0.3 is 11.1 Å². The summed E-state index contributed by atoms with van der Waals surface area (Å²) >= 11 is 1.56. The zero-order valence-electron chi connectivity index (χ0n) is 7.87. The Morgan fingerprint density at radius 1 is 1.54 bits per heavy atom. The fraction of sp³-hybridized carbons (Fsp3) is 0.500. The Morgan fingerprint density at radius 2 is 2.31 bits per heavy atom. The number of hydrogen-bond donors (Lipinski definition) is 2. The van der Waals surface area contributed by atoms with E-state index in [0.717, 1.165) is 23.8 Å². The van der Waals surface area contributed by atoms with Gasteiger partial charge in [0.25, 0.3) is 0 Å². The third kappa shape index (κ3) is 3.10. The molecule has 0 fully saturated rings. The summed E-state index contributed by atoms with van der Waals surface area (Å²) in [4.78, 5) is 8.11. The lowest BCUT2D eigenvalue weighted by Crippen LogP contribution is -2.05. The van der Waals surface area contributed by atoms with Gasteiger partial charge in [0.05, 0.1) is 0 Å². The lowest BCUT2D eigenvalue weighted by atomic mass is 10.4. The predicted molar refractivity (Wildman–Crippen MR) is 57.0 cm³/mol. The molecule has 5 heteroatoms. The van der Waals surface area contributed by atoms with Crippen LogP contribution in [0.4, 0.5) is 11.8 Å². The van der Waals surface area contributed by atoms with Gasteiger partial charge in [0, 0.05) is 12.6 Å². The smallest absolute Gasteiger partial charge is 0.223 e. The number of nitrogen functional groups attached to an aromatic ring is 1. The van der Waals surface area contributed by atoms with Gasteiger partial charge in [-0.2, -0.15) is 4.98 Å². The summed E-state index contributed by atoms with van der Waals surface area (Å²) in [5.74, 6) is 1.13. The normalized spacial score (nSPS) is 10.0. The summed E-state index contributed by atoms with van der Waals surface area (Å²) in [7, 11) is 0. The third-order valence-electron chi connectivity index (χ3n) is 1.49. The number of nitrogens with one attached hydrogen (secondary N) is 1. The molecule has 0 amide bonds. The van der Waals surface area contributed by atoms with Gasteiger partial charge in [-0.25, -0.2) is 4.98 Å². The van der Waals surface area contributed by atoms with Crippen molar-refractivity contribution in [2.75, 3.05) is 23.9 Å². The van der Waals surface area contributed by atoms with E-state index in [1.807, 2.05) is 12.3 Å². The summed E-state index contributed by atoms with van der Waals surface area (Å²) in [6.07, 6.45) is 3.03. The van der Waals surface area contributed by atoms with E-state index in [0.29, 0.717) is 5.95 Å². The van der Waals surface area contributed by atoms with Crippen LogP contribution in [-0.2, 0) is 0 Å². The first-order valence-corrected chi connectivity index (χ1v) is 5.41. The van der Waals surface area contributed by atoms with Crippen molar-refractivity contribution in [3.63, 3.8) is 0 Å². The number of thioether (sulfide) groups is 1. The number of hydrogen-bond acceptors (Lipinski definition) is 5. The Bertz CT molecular complexity index is 277. The van der Waals surface area contributed by atoms with Crippen LogP contribution in [-0.4, -0.2) is 22.8 Å². The Morgan fingerprint density at radius 3 is 2.92 bits per heavy atom. The molecule has 1 aromatic rings. The zero-order chi connectivity index (χ0) is 9.68. The monoisotopic (exact) mass is 198 g/mol. The summed E-state index contributed by atoms with van der Waals surface area (Å²) in [5.41, 5.74) is 5.53. The second-order valence-corrected chi connectivity index (χ2v) is 3.41. The van der Waals surface area contributed by atoms with E-state index >= 15 is 0 Å². The van der Waals surface area contributed by atoms with E-state index in [9.17, 15) is 0 Å². The highest BCUT2D eigenvalue weighted by molar-refractivity contribution is 7.98. The van der Waals surface area contributed by atoms with Crippen molar-refractivity contribution in [3.05, 3.63) is 6.07 Å². The van der Waals surface area contributed by atoms with E-state index in [2.05, 4.69) is 22.2 Å². The van der Waals surface area contributed by atoms with Crippen LogP contribution in [0.2, 0.25) is 0 Å². The van der Waals surface area contributed by atoms with E-state index < -0.39 is 0 Å². The molecule has 72 valence electrons. The highest BCUT2D eigenvalue weighted by Crippen LogP contribution is 2.16.